The van der Waals surface area contributed by atoms with Gasteiger partial charge < -0.3 is 10.6 Å². The molecule has 1 saturated carbocycles. The second-order valence-corrected chi connectivity index (χ2v) is 4.82. The Morgan fingerprint density at radius 2 is 2.33 bits per heavy atom. The summed E-state index contributed by atoms with van der Waals surface area (Å²) >= 11 is 0. The smallest absolute Gasteiger partial charge is 0.200 e. The molecular formula is C11H17N7. The number of rotatable bonds is 3. The zero-order chi connectivity index (χ0) is 12.5. The van der Waals surface area contributed by atoms with Crippen molar-refractivity contribution in [1.82, 2.24) is 25.3 Å². The van der Waals surface area contributed by atoms with E-state index in [0.717, 1.165) is 12.4 Å². The maximum Gasteiger partial charge on any atom is 0.200 e. The van der Waals surface area contributed by atoms with Crippen molar-refractivity contribution >= 4 is 11.5 Å². The zero-order valence-electron chi connectivity index (χ0n) is 10.4. The van der Waals surface area contributed by atoms with Gasteiger partial charge in [0.25, 0.3) is 0 Å². The van der Waals surface area contributed by atoms with Gasteiger partial charge in [-0.15, -0.1) is 14.8 Å². The zero-order valence-corrected chi connectivity index (χ0v) is 10.4. The Morgan fingerprint density at radius 3 is 3.17 bits per heavy atom. The predicted octanol–water partition coefficient (Wildman–Crippen LogP) is 0.0829. The third kappa shape index (κ3) is 1.80. The molecule has 18 heavy (non-hydrogen) atoms. The number of anilines is 1. The molecule has 1 fully saturated rings. The maximum atomic E-state index is 5.83. The topological polar surface area (TPSA) is 85.2 Å². The highest BCUT2D eigenvalue weighted by atomic mass is 15.6. The van der Waals surface area contributed by atoms with Crippen LogP contribution in [0.1, 0.15) is 19.3 Å². The summed E-state index contributed by atoms with van der Waals surface area (Å²) < 4.78 is 1.46. The van der Waals surface area contributed by atoms with Gasteiger partial charge in [0.05, 0.1) is 0 Å². The molecule has 2 unspecified atom stereocenters. The van der Waals surface area contributed by atoms with Crippen molar-refractivity contribution in [3.05, 3.63) is 12.1 Å². The molecule has 0 bridgehead atoms. The lowest BCUT2D eigenvalue weighted by Gasteiger charge is -2.29. The standard InChI is InChI=1S/C11H17N7/c1-17(9-4-2-3-8(9)7-12)11-6-5-10-13-15-16-18(10)14-11/h5-6,8-9H,2-4,7,12H2,1H3. The Balaban J connectivity index is 1.88. The summed E-state index contributed by atoms with van der Waals surface area (Å²) in [6.45, 7) is 0.738. The van der Waals surface area contributed by atoms with Crippen LogP contribution >= 0.6 is 0 Å². The van der Waals surface area contributed by atoms with Gasteiger partial charge in [-0.3, -0.25) is 0 Å². The van der Waals surface area contributed by atoms with Gasteiger partial charge in [-0.05, 0) is 47.9 Å². The number of nitrogens with two attached hydrogens (primary N) is 1. The summed E-state index contributed by atoms with van der Waals surface area (Å²) in [6.07, 6.45) is 3.62. The van der Waals surface area contributed by atoms with E-state index in [9.17, 15) is 0 Å². The van der Waals surface area contributed by atoms with E-state index in [0.29, 0.717) is 17.6 Å². The SMILES string of the molecule is CN(c1ccc2nnnn2n1)C1CCCC1CN. The fourth-order valence-electron chi connectivity index (χ4n) is 2.80. The maximum absolute atomic E-state index is 5.83. The van der Waals surface area contributed by atoms with E-state index in [1.807, 2.05) is 12.1 Å². The second kappa shape index (κ2) is 4.49. The van der Waals surface area contributed by atoms with Crippen LogP contribution in [0.25, 0.3) is 5.65 Å². The molecule has 0 saturated heterocycles. The molecule has 0 aromatic carbocycles. The predicted molar refractivity (Wildman–Crippen MR) is 67.2 cm³/mol. The minimum absolute atomic E-state index is 0.469. The lowest BCUT2D eigenvalue weighted by atomic mass is 10.0. The molecule has 0 radical (unpaired) electrons. The lowest BCUT2D eigenvalue weighted by Crippen LogP contribution is -2.38. The molecule has 2 aromatic heterocycles. The summed E-state index contributed by atoms with van der Waals surface area (Å²) in [5, 5.41) is 15.7. The number of hydrogen-bond donors (Lipinski definition) is 1. The van der Waals surface area contributed by atoms with Crippen molar-refractivity contribution < 1.29 is 0 Å². The summed E-state index contributed by atoms with van der Waals surface area (Å²) in [5.74, 6) is 1.45. The highest BCUT2D eigenvalue weighted by Gasteiger charge is 2.30. The fraction of sp³-hybridized carbons (Fsp3) is 0.636. The second-order valence-electron chi connectivity index (χ2n) is 4.82. The molecule has 7 nitrogen and oxygen atoms in total. The molecular weight excluding hydrogens is 230 g/mol. The van der Waals surface area contributed by atoms with E-state index in [-0.39, 0.29) is 0 Å². The molecule has 1 aliphatic rings. The largest absolute Gasteiger partial charge is 0.355 e. The van der Waals surface area contributed by atoms with Crippen molar-refractivity contribution in [3.8, 4) is 0 Å². The van der Waals surface area contributed by atoms with E-state index in [2.05, 4.69) is 32.6 Å². The Hall–Kier alpha value is -1.76. The Bertz CT molecular complexity index is 537. The van der Waals surface area contributed by atoms with Crippen LogP contribution in [-0.4, -0.2) is 44.9 Å². The first-order chi connectivity index (χ1) is 8.79. The summed E-state index contributed by atoms with van der Waals surface area (Å²) in [5.41, 5.74) is 6.49. The lowest BCUT2D eigenvalue weighted by molar-refractivity contribution is 0.470. The summed E-state index contributed by atoms with van der Waals surface area (Å²) in [4.78, 5) is 2.20. The molecule has 2 atom stereocenters. The summed E-state index contributed by atoms with van der Waals surface area (Å²) in [7, 11) is 2.07. The van der Waals surface area contributed by atoms with Crippen LogP contribution in [0.4, 0.5) is 5.82 Å². The molecule has 1 aliphatic carbocycles. The van der Waals surface area contributed by atoms with Crippen LogP contribution in [0.3, 0.4) is 0 Å². The third-order valence-electron chi connectivity index (χ3n) is 3.84. The van der Waals surface area contributed by atoms with E-state index >= 15 is 0 Å². The fourth-order valence-corrected chi connectivity index (χ4v) is 2.80. The normalized spacial score (nSPS) is 23.7. The van der Waals surface area contributed by atoms with Crippen LogP contribution in [-0.2, 0) is 0 Å². The van der Waals surface area contributed by atoms with Crippen molar-refractivity contribution in [1.29, 1.82) is 0 Å². The Kier molecular flexibility index (Phi) is 2.83. The molecule has 96 valence electrons. The Labute approximate surface area is 105 Å². The first-order valence-electron chi connectivity index (χ1n) is 6.28. The van der Waals surface area contributed by atoms with E-state index in [4.69, 9.17) is 5.73 Å². The van der Waals surface area contributed by atoms with E-state index in [1.54, 1.807) is 0 Å². The van der Waals surface area contributed by atoms with Gasteiger partial charge in [-0.2, -0.15) is 0 Å². The van der Waals surface area contributed by atoms with Gasteiger partial charge in [-0.1, -0.05) is 6.42 Å². The van der Waals surface area contributed by atoms with Crippen molar-refractivity contribution in [2.45, 2.75) is 25.3 Å². The molecule has 0 aliphatic heterocycles. The third-order valence-corrected chi connectivity index (χ3v) is 3.84. The minimum Gasteiger partial charge on any atom is -0.355 e. The molecule has 0 amide bonds. The van der Waals surface area contributed by atoms with Gasteiger partial charge in [-0.25, -0.2) is 0 Å². The van der Waals surface area contributed by atoms with Gasteiger partial charge in [0.15, 0.2) is 11.5 Å². The number of hydrogen-bond acceptors (Lipinski definition) is 6. The molecule has 7 heteroatoms. The number of aromatic nitrogens is 5. The molecule has 0 spiro atoms. The van der Waals surface area contributed by atoms with Gasteiger partial charge in [0, 0.05) is 13.1 Å². The Morgan fingerprint density at radius 1 is 1.44 bits per heavy atom. The first kappa shape index (κ1) is 11.3. The van der Waals surface area contributed by atoms with Crippen LogP contribution in [0.2, 0.25) is 0 Å². The highest BCUT2D eigenvalue weighted by Crippen LogP contribution is 2.30. The molecule has 2 heterocycles. The van der Waals surface area contributed by atoms with Crippen LogP contribution in [0.5, 0.6) is 0 Å². The average Bonchev–Trinajstić information content (AvgIpc) is 3.05. The van der Waals surface area contributed by atoms with Crippen LogP contribution in [0.15, 0.2) is 12.1 Å². The average molecular weight is 247 g/mol. The van der Waals surface area contributed by atoms with E-state index in [1.165, 1.54) is 23.9 Å². The monoisotopic (exact) mass is 247 g/mol. The molecule has 2 N–H and O–H groups in total. The van der Waals surface area contributed by atoms with Gasteiger partial charge >= 0.3 is 0 Å². The quantitative estimate of drug-likeness (QED) is 0.827. The van der Waals surface area contributed by atoms with Crippen molar-refractivity contribution in [2.24, 2.45) is 11.7 Å². The van der Waals surface area contributed by atoms with Gasteiger partial charge in [0.2, 0.25) is 0 Å². The van der Waals surface area contributed by atoms with Crippen molar-refractivity contribution in [3.63, 3.8) is 0 Å². The summed E-state index contributed by atoms with van der Waals surface area (Å²) in [6, 6.07) is 4.31. The van der Waals surface area contributed by atoms with Crippen LogP contribution in [0, 0.1) is 5.92 Å². The molecule has 2 aromatic rings. The highest BCUT2D eigenvalue weighted by molar-refractivity contribution is 5.44. The molecule has 3 rings (SSSR count). The van der Waals surface area contributed by atoms with Crippen LogP contribution < -0.4 is 10.6 Å². The van der Waals surface area contributed by atoms with Gasteiger partial charge in [0.1, 0.15) is 0 Å². The number of tetrazole rings is 1. The van der Waals surface area contributed by atoms with Crippen molar-refractivity contribution in [2.75, 3.05) is 18.5 Å². The van der Waals surface area contributed by atoms with E-state index < -0.39 is 0 Å². The number of fused-ring (bicyclic) bond motifs is 1. The number of nitrogens with zero attached hydrogens (tertiary/aromatic N) is 6. The first-order valence-corrected chi connectivity index (χ1v) is 6.28. The minimum atomic E-state index is 0.469.